The summed E-state index contributed by atoms with van der Waals surface area (Å²) in [6, 6.07) is 20.6. The number of hydrogen-bond donors (Lipinski definition) is 2. The molecule has 4 nitrogen and oxygen atoms in total. The van der Waals surface area contributed by atoms with Crippen molar-refractivity contribution in [1.82, 2.24) is 0 Å². The molecule has 0 radical (unpaired) electrons. The van der Waals surface area contributed by atoms with Crippen LogP contribution in [0.2, 0.25) is 0 Å². The Labute approximate surface area is 148 Å². The molecule has 0 amide bonds. The molecule has 0 aliphatic carbocycles. The summed E-state index contributed by atoms with van der Waals surface area (Å²) in [7, 11) is 0. The minimum absolute atomic E-state index is 0.674. The molecule has 0 aromatic heterocycles. The van der Waals surface area contributed by atoms with Gasteiger partial charge >= 0.3 is 0 Å². The van der Waals surface area contributed by atoms with E-state index in [0.717, 1.165) is 29.9 Å². The van der Waals surface area contributed by atoms with E-state index in [2.05, 4.69) is 13.0 Å². The SMILES string of the molecule is CCCc1cccc(Oc2ccc(N)cc2)c1Oc1ccc(N)cc1. The summed E-state index contributed by atoms with van der Waals surface area (Å²) in [6.45, 7) is 2.14. The van der Waals surface area contributed by atoms with Gasteiger partial charge in [0.15, 0.2) is 11.5 Å². The highest BCUT2D eigenvalue weighted by Crippen LogP contribution is 2.38. The molecule has 0 unspecified atom stereocenters. The molecule has 3 rings (SSSR count). The van der Waals surface area contributed by atoms with Crippen LogP contribution in [0, 0.1) is 0 Å². The van der Waals surface area contributed by atoms with Gasteiger partial charge in [-0.2, -0.15) is 0 Å². The number of para-hydroxylation sites is 1. The number of rotatable bonds is 6. The van der Waals surface area contributed by atoms with Crippen molar-refractivity contribution in [3.05, 3.63) is 72.3 Å². The Bertz CT molecular complexity index is 828. The van der Waals surface area contributed by atoms with Gasteiger partial charge in [-0.3, -0.25) is 0 Å². The molecule has 4 N–H and O–H groups in total. The van der Waals surface area contributed by atoms with Gasteiger partial charge in [0.25, 0.3) is 0 Å². The van der Waals surface area contributed by atoms with E-state index in [-0.39, 0.29) is 0 Å². The Morgan fingerprint density at radius 1 is 0.720 bits per heavy atom. The molecule has 0 saturated carbocycles. The first-order valence-corrected chi connectivity index (χ1v) is 8.34. The smallest absolute Gasteiger partial charge is 0.173 e. The second-order valence-electron chi connectivity index (χ2n) is 5.84. The van der Waals surface area contributed by atoms with Crippen molar-refractivity contribution in [2.24, 2.45) is 0 Å². The van der Waals surface area contributed by atoms with Gasteiger partial charge in [0.05, 0.1) is 0 Å². The van der Waals surface area contributed by atoms with E-state index < -0.39 is 0 Å². The van der Waals surface area contributed by atoms with E-state index in [4.69, 9.17) is 20.9 Å². The number of nitrogens with two attached hydrogens (primary N) is 2. The zero-order valence-corrected chi connectivity index (χ0v) is 14.2. The summed E-state index contributed by atoms with van der Waals surface area (Å²) in [5.41, 5.74) is 14.0. The van der Waals surface area contributed by atoms with Crippen LogP contribution >= 0.6 is 0 Å². The first-order valence-electron chi connectivity index (χ1n) is 8.34. The molecule has 128 valence electrons. The average Bonchev–Trinajstić information content (AvgIpc) is 2.61. The molecule has 25 heavy (non-hydrogen) atoms. The van der Waals surface area contributed by atoms with Gasteiger partial charge in [0.1, 0.15) is 11.5 Å². The first-order chi connectivity index (χ1) is 12.2. The Morgan fingerprint density at radius 3 is 1.84 bits per heavy atom. The van der Waals surface area contributed by atoms with Crippen LogP contribution in [-0.4, -0.2) is 0 Å². The van der Waals surface area contributed by atoms with Crippen LogP contribution < -0.4 is 20.9 Å². The summed E-state index contributed by atoms with van der Waals surface area (Å²) in [5.74, 6) is 2.84. The lowest BCUT2D eigenvalue weighted by molar-refractivity contribution is 0.414. The van der Waals surface area contributed by atoms with Gasteiger partial charge < -0.3 is 20.9 Å². The summed E-state index contributed by atoms with van der Waals surface area (Å²) in [6.07, 6.45) is 1.92. The molecule has 0 saturated heterocycles. The summed E-state index contributed by atoms with van der Waals surface area (Å²) in [5, 5.41) is 0. The molecular formula is C21H22N2O2. The fourth-order valence-electron chi connectivity index (χ4n) is 2.54. The zero-order valence-electron chi connectivity index (χ0n) is 14.2. The van der Waals surface area contributed by atoms with Gasteiger partial charge in [-0.25, -0.2) is 0 Å². The lowest BCUT2D eigenvalue weighted by Gasteiger charge is -2.16. The van der Waals surface area contributed by atoms with Crippen molar-refractivity contribution in [2.45, 2.75) is 19.8 Å². The Morgan fingerprint density at radius 2 is 1.28 bits per heavy atom. The molecule has 0 aliphatic heterocycles. The topological polar surface area (TPSA) is 70.5 Å². The van der Waals surface area contributed by atoms with Crippen LogP contribution in [0.1, 0.15) is 18.9 Å². The molecule has 0 atom stereocenters. The number of ether oxygens (including phenoxy) is 2. The number of anilines is 2. The van der Waals surface area contributed by atoms with Gasteiger partial charge in [-0.1, -0.05) is 25.5 Å². The predicted octanol–water partition coefficient (Wildman–Crippen LogP) is 5.39. The maximum absolute atomic E-state index is 6.14. The van der Waals surface area contributed by atoms with Crippen molar-refractivity contribution < 1.29 is 9.47 Å². The van der Waals surface area contributed by atoms with Gasteiger partial charge in [0.2, 0.25) is 0 Å². The monoisotopic (exact) mass is 334 g/mol. The fraction of sp³-hybridized carbons (Fsp3) is 0.143. The molecule has 3 aromatic carbocycles. The van der Waals surface area contributed by atoms with Gasteiger partial charge in [-0.15, -0.1) is 0 Å². The maximum Gasteiger partial charge on any atom is 0.173 e. The van der Waals surface area contributed by atoms with E-state index in [1.54, 1.807) is 0 Å². The van der Waals surface area contributed by atoms with Crippen LogP contribution in [0.25, 0.3) is 0 Å². The van der Waals surface area contributed by atoms with Crippen molar-refractivity contribution in [1.29, 1.82) is 0 Å². The normalized spacial score (nSPS) is 10.4. The highest BCUT2D eigenvalue weighted by Gasteiger charge is 2.13. The van der Waals surface area contributed by atoms with Crippen molar-refractivity contribution >= 4 is 11.4 Å². The molecule has 0 heterocycles. The Kier molecular flexibility index (Phi) is 5.09. The lowest BCUT2D eigenvalue weighted by Crippen LogP contribution is -1.96. The van der Waals surface area contributed by atoms with E-state index in [0.29, 0.717) is 22.9 Å². The van der Waals surface area contributed by atoms with E-state index >= 15 is 0 Å². The highest BCUT2D eigenvalue weighted by atomic mass is 16.5. The molecule has 0 bridgehead atoms. The largest absolute Gasteiger partial charge is 0.453 e. The Hall–Kier alpha value is -3.14. The molecule has 0 fully saturated rings. The van der Waals surface area contributed by atoms with E-state index in [9.17, 15) is 0 Å². The van der Waals surface area contributed by atoms with Crippen molar-refractivity contribution in [3.8, 4) is 23.0 Å². The summed E-state index contributed by atoms with van der Waals surface area (Å²) >= 11 is 0. The van der Waals surface area contributed by atoms with Crippen molar-refractivity contribution in [2.75, 3.05) is 11.5 Å². The van der Waals surface area contributed by atoms with Crippen LogP contribution in [0.15, 0.2) is 66.7 Å². The number of aryl methyl sites for hydroxylation is 1. The zero-order chi connectivity index (χ0) is 17.6. The average molecular weight is 334 g/mol. The summed E-state index contributed by atoms with van der Waals surface area (Å²) < 4.78 is 12.2. The van der Waals surface area contributed by atoms with E-state index in [1.165, 1.54) is 0 Å². The molecule has 3 aromatic rings. The second-order valence-corrected chi connectivity index (χ2v) is 5.84. The first kappa shape index (κ1) is 16.7. The standard InChI is InChI=1S/C21H22N2O2/c1-2-4-15-5-3-6-20(24-18-11-7-16(22)8-12-18)21(15)25-19-13-9-17(23)10-14-19/h3,5-14H,2,4,22-23H2,1H3. The third-order valence-corrected chi connectivity index (χ3v) is 3.79. The lowest BCUT2D eigenvalue weighted by atomic mass is 10.1. The minimum Gasteiger partial charge on any atom is -0.453 e. The number of benzene rings is 3. The highest BCUT2D eigenvalue weighted by molar-refractivity contribution is 5.52. The minimum atomic E-state index is 0.674. The van der Waals surface area contributed by atoms with Crippen molar-refractivity contribution in [3.63, 3.8) is 0 Å². The predicted molar refractivity (Wildman–Crippen MR) is 102 cm³/mol. The maximum atomic E-state index is 6.14. The number of nitrogen functional groups attached to an aromatic ring is 2. The second kappa shape index (κ2) is 7.62. The fourth-order valence-corrected chi connectivity index (χ4v) is 2.54. The molecule has 4 heteroatoms. The van der Waals surface area contributed by atoms with Crippen LogP contribution in [-0.2, 0) is 6.42 Å². The number of hydrogen-bond acceptors (Lipinski definition) is 4. The summed E-state index contributed by atoms with van der Waals surface area (Å²) in [4.78, 5) is 0. The quantitative estimate of drug-likeness (QED) is 0.593. The molecule has 0 aliphatic rings. The molecular weight excluding hydrogens is 312 g/mol. The van der Waals surface area contributed by atoms with Crippen LogP contribution in [0.4, 0.5) is 11.4 Å². The third-order valence-electron chi connectivity index (χ3n) is 3.79. The van der Waals surface area contributed by atoms with Crippen LogP contribution in [0.3, 0.4) is 0 Å². The van der Waals surface area contributed by atoms with Gasteiger partial charge in [0, 0.05) is 11.4 Å². The Balaban J connectivity index is 1.94. The van der Waals surface area contributed by atoms with E-state index in [1.807, 2.05) is 60.7 Å². The molecule has 0 spiro atoms. The van der Waals surface area contributed by atoms with Gasteiger partial charge in [-0.05, 0) is 66.6 Å². The van der Waals surface area contributed by atoms with Crippen LogP contribution in [0.5, 0.6) is 23.0 Å². The third kappa shape index (κ3) is 4.23.